The number of amides is 1. The maximum Gasteiger partial charge on any atom is 0.371 e. The molecule has 1 amide bonds. The van der Waals surface area contributed by atoms with Crippen LogP contribution >= 0.6 is 0 Å². The van der Waals surface area contributed by atoms with E-state index in [1.54, 1.807) is 0 Å². The lowest BCUT2D eigenvalue weighted by molar-refractivity contribution is -0.125. The minimum absolute atomic E-state index is 0.112. The molecule has 2 saturated heterocycles. The molecule has 25 heavy (non-hydrogen) atoms. The molecule has 3 unspecified atom stereocenters. The molecule has 1 aromatic heterocycles. The van der Waals surface area contributed by atoms with E-state index in [2.05, 4.69) is 5.32 Å². The molecule has 1 aromatic rings. The fourth-order valence-corrected chi connectivity index (χ4v) is 4.75. The van der Waals surface area contributed by atoms with Crippen molar-refractivity contribution in [1.82, 2.24) is 9.62 Å². The summed E-state index contributed by atoms with van der Waals surface area (Å²) in [6, 6.07) is 1.20. The van der Waals surface area contributed by atoms with Crippen LogP contribution in [0.15, 0.2) is 21.6 Å². The van der Waals surface area contributed by atoms with Crippen molar-refractivity contribution in [3.63, 3.8) is 0 Å². The zero-order valence-corrected chi connectivity index (χ0v) is 14.5. The fourth-order valence-electron chi connectivity index (χ4n) is 3.18. The lowest BCUT2D eigenvalue weighted by atomic mass is 10.1. The van der Waals surface area contributed by atoms with E-state index in [1.807, 2.05) is 6.92 Å². The Morgan fingerprint density at radius 3 is 2.68 bits per heavy atom. The Hall–Kier alpha value is -1.91. The van der Waals surface area contributed by atoms with E-state index < -0.39 is 32.9 Å². The Morgan fingerprint density at radius 2 is 2.08 bits per heavy atom. The lowest BCUT2D eigenvalue weighted by Crippen LogP contribution is -2.50. The van der Waals surface area contributed by atoms with E-state index in [-0.39, 0.29) is 24.6 Å². The Bertz CT molecular complexity index is 773. The first-order valence-electron chi connectivity index (χ1n) is 8.07. The van der Waals surface area contributed by atoms with E-state index in [0.717, 1.165) is 16.4 Å². The minimum atomic E-state index is -4.08. The topological polar surface area (TPSA) is 126 Å². The van der Waals surface area contributed by atoms with Crippen LogP contribution in [0.3, 0.4) is 0 Å². The number of rotatable bonds is 5. The van der Waals surface area contributed by atoms with Gasteiger partial charge in [-0.05, 0) is 38.3 Å². The Morgan fingerprint density at radius 1 is 1.32 bits per heavy atom. The predicted molar refractivity (Wildman–Crippen MR) is 84.5 cm³/mol. The SMILES string of the molecule is CC1OCCC1NC(=O)C1CCCN1S(=O)(=O)c1ccc(C(=O)O)o1. The van der Waals surface area contributed by atoms with Crippen LogP contribution in [0.2, 0.25) is 0 Å². The zero-order chi connectivity index (χ0) is 18.2. The average molecular weight is 372 g/mol. The van der Waals surface area contributed by atoms with Gasteiger partial charge in [0.1, 0.15) is 6.04 Å². The summed E-state index contributed by atoms with van der Waals surface area (Å²) < 4.78 is 36.8. The smallest absolute Gasteiger partial charge is 0.371 e. The highest BCUT2D eigenvalue weighted by atomic mass is 32.2. The molecule has 0 spiro atoms. The van der Waals surface area contributed by atoms with Gasteiger partial charge in [0.05, 0.1) is 12.1 Å². The van der Waals surface area contributed by atoms with Crippen LogP contribution in [0.4, 0.5) is 0 Å². The number of carboxylic acid groups (broad SMARTS) is 1. The van der Waals surface area contributed by atoms with Gasteiger partial charge in [-0.1, -0.05) is 0 Å². The second-order valence-corrected chi connectivity index (χ2v) is 8.00. The third-order valence-electron chi connectivity index (χ3n) is 4.57. The Kier molecular flexibility index (Phi) is 4.85. The molecule has 0 aliphatic carbocycles. The van der Waals surface area contributed by atoms with Crippen molar-refractivity contribution < 1.29 is 32.3 Å². The van der Waals surface area contributed by atoms with Crippen LogP contribution in [0, 0.1) is 0 Å². The molecule has 10 heteroatoms. The van der Waals surface area contributed by atoms with Gasteiger partial charge in [-0.3, -0.25) is 4.79 Å². The number of carbonyl (C=O) groups excluding carboxylic acids is 1. The van der Waals surface area contributed by atoms with Gasteiger partial charge in [0.15, 0.2) is 0 Å². The van der Waals surface area contributed by atoms with Gasteiger partial charge in [0, 0.05) is 13.2 Å². The van der Waals surface area contributed by atoms with Gasteiger partial charge in [-0.25, -0.2) is 13.2 Å². The van der Waals surface area contributed by atoms with Gasteiger partial charge >= 0.3 is 5.97 Å². The summed E-state index contributed by atoms with van der Waals surface area (Å²) in [5, 5.41) is 11.3. The largest absolute Gasteiger partial charge is 0.475 e. The molecule has 2 aliphatic heterocycles. The number of carbonyl (C=O) groups is 2. The van der Waals surface area contributed by atoms with Crippen LogP contribution in [-0.2, 0) is 19.6 Å². The van der Waals surface area contributed by atoms with Gasteiger partial charge in [0.2, 0.25) is 16.8 Å². The van der Waals surface area contributed by atoms with Crippen molar-refractivity contribution in [3.05, 3.63) is 17.9 Å². The quantitative estimate of drug-likeness (QED) is 0.767. The highest BCUT2D eigenvalue weighted by Gasteiger charge is 2.42. The molecular weight excluding hydrogens is 352 g/mol. The van der Waals surface area contributed by atoms with Crippen molar-refractivity contribution >= 4 is 21.9 Å². The summed E-state index contributed by atoms with van der Waals surface area (Å²) in [5.74, 6) is -2.18. The number of nitrogens with one attached hydrogen (secondary N) is 1. The lowest BCUT2D eigenvalue weighted by Gasteiger charge is -2.24. The maximum atomic E-state index is 12.7. The number of ether oxygens (including phenoxy) is 1. The third kappa shape index (κ3) is 3.42. The summed E-state index contributed by atoms with van der Waals surface area (Å²) in [4.78, 5) is 23.4. The highest BCUT2D eigenvalue weighted by molar-refractivity contribution is 7.89. The van der Waals surface area contributed by atoms with E-state index in [9.17, 15) is 18.0 Å². The molecular formula is C15H20N2O7S. The molecule has 0 bridgehead atoms. The molecule has 3 rings (SSSR count). The number of carboxylic acids is 1. The fraction of sp³-hybridized carbons (Fsp3) is 0.600. The first kappa shape index (κ1) is 17.9. The zero-order valence-electron chi connectivity index (χ0n) is 13.7. The minimum Gasteiger partial charge on any atom is -0.475 e. The number of sulfonamides is 1. The van der Waals surface area contributed by atoms with Crippen molar-refractivity contribution in [2.75, 3.05) is 13.2 Å². The van der Waals surface area contributed by atoms with Crippen LogP contribution in [-0.4, -0.2) is 61.0 Å². The molecule has 0 saturated carbocycles. The Balaban J connectivity index is 1.77. The van der Waals surface area contributed by atoms with Gasteiger partial charge in [-0.15, -0.1) is 0 Å². The molecule has 3 atom stereocenters. The second-order valence-electron chi connectivity index (χ2n) is 6.18. The van der Waals surface area contributed by atoms with Crippen LogP contribution in [0.1, 0.15) is 36.7 Å². The maximum absolute atomic E-state index is 12.7. The van der Waals surface area contributed by atoms with Crippen LogP contribution in [0.25, 0.3) is 0 Å². The summed E-state index contributed by atoms with van der Waals surface area (Å²) in [6.45, 7) is 2.60. The second kappa shape index (κ2) is 6.77. The van der Waals surface area contributed by atoms with E-state index >= 15 is 0 Å². The summed E-state index contributed by atoms with van der Waals surface area (Å²) in [7, 11) is -4.08. The van der Waals surface area contributed by atoms with Gasteiger partial charge in [0.25, 0.3) is 10.0 Å². The highest BCUT2D eigenvalue weighted by Crippen LogP contribution is 2.28. The van der Waals surface area contributed by atoms with Gasteiger partial charge in [-0.2, -0.15) is 4.31 Å². The summed E-state index contributed by atoms with van der Waals surface area (Å²) >= 11 is 0. The molecule has 2 aliphatic rings. The molecule has 0 radical (unpaired) electrons. The first-order chi connectivity index (χ1) is 11.8. The summed E-state index contributed by atoms with van der Waals surface area (Å²) in [6.07, 6.45) is 1.52. The third-order valence-corrected chi connectivity index (χ3v) is 6.35. The monoisotopic (exact) mass is 372 g/mol. The molecule has 138 valence electrons. The molecule has 2 fully saturated rings. The molecule has 0 aromatic carbocycles. The van der Waals surface area contributed by atoms with Gasteiger partial charge < -0.3 is 19.6 Å². The average Bonchev–Trinajstić information content (AvgIpc) is 3.27. The van der Waals surface area contributed by atoms with E-state index in [0.29, 0.717) is 25.9 Å². The normalized spacial score (nSPS) is 27.5. The standard InChI is InChI=1S/C15H20N2O7S/c1-9-10(6-8-23-9)16-14(18)11-3-2-7-17(11)25(21,22)13-5-4-12(24-13)15(19)20/h4-5,9-11H,2-3,6-8H2,1H3,(H,16,18)(H,19,20). The number of hydrogen-bond donors (Lipinski definition) is 2. The number of furan rings is 1. The van der Waals surface area contributed by atoms with Crippen LogP contribution in [0.5, 0.6) is 0 Å². The predicted octanol–water partition coefficient (Wildman–Crippen LogP) is 0.425. The van der Waals surface area contributed by atoms with Crippen molar-refractivity contribution in [3.8, 4) is 0 Å². The molecule has 9 nitrogen and oxygen atoms in total. The van der Waals surface area contributed by atoms with Crippen LogP contribution < -0.4 is 5.32 Å². The van der Waals surface area contributed by atoms with Crippen molar-refractivity contribution in [2.24, 2.45) is 0 Å². The number of aromatic carboxylic acids is 1. The molecule has 2 N–H and O–H groups in total. The Labute approximate surface area is 145 Å². The summed E-state index contributed by atoms with van der Waals surface area (Å²) in [5.41, 5.74) is 0. The van der Waals surface area contributed by atoms with E-state index in [1.165, 1.54) is 0 Å². The first-order valence-corrected chi connectivity index (χ1v) is 9.51. The van der Waals surface area contributed by atoms with E-state index in [4.69, 9.17) is 14.3 Å². The number of hydrogen-bond acceptors (Lipinski definition) is 6. The van der Waals surface area contributed by atoms with Crippen molar-refractivity contribution in [2.45, 2.75) is 49.5 Å². The molecule has 3 heterocycles. The van der Waals surface area contributed by atoms with Crippen molar-refractivity contribution in [1.29, 1.82) is 0 Å². The number of nitrogens with zero attached hydrogens (tertiary/aromatic N) is 1.